The summed E-state index contributed by atoms with van der Waals surface area (Å²) in [5.41, 5.74) is 6.84. The summed E-state index contributed by atoms with van der Waals surface area (Å²) < 4.78 is 0. The van der Waals surface area contributed by atoms with Crippen molar-refractivity contribution in [1.82, 2.24) is 9.88 Å². The number of nitrogens with zero attached hydrogens (tertiary/aromatic N) is 1. The third-order valence-electron chi connectivity index (χ3n) is 3.81. The normalized spacial score (nSPS) is 23.7. The van der Waals surface area contributed by atoms with Gasteiger partial charge in [-0.2, -0.15) is 0 Å². The molecule has 1 atom stereocenters. The Morgan fingerprint density at radius 1 is 1.65 bits per heavy atom. The van der Waals surface area contributed by atoms with Gasteiger partial charge in [-0.15, -0.1) is 0 Å². The molecule has 0 spiro atoms. The SMILES string of the molecule is CC1(C)C(N)CCCN1C(=O)Cc1ccc[nH]1. The van der Waals surface area contributed by atoms with Crippen molar-refractivity contribution in [3.63, 3.8) is 0 Å². The van der Waals surface area contributed by atoms with Gasteiger partial charge in [0.05, 0.1) is 12.0 Å². The lowest BCUT2D eigenvalue weighted by molar-refractivity contribution is -0.138. The topological polar surface area (TPSA) is 62.1 Å². The molecule has 17 heavy (non-hydrogen) atoms. The minimum absolute atomic E-state index is 0.0730. The molecule has 1 aromatic rings. The van der Waals surface area contributed by atoms with Crippen LogP contribution >= 0.6 is 0 Å². The van der Waals surface area contributed by atoms with Crippen molar-refractivity contribution in [3.05, 3.63) is 24.0 Å². The molecule has 4 nitrogen and oxygen atoms in total. The van der Waals surface area contributed by atoms with E-state index in [0.717, 1.165) is 25.1 Å². The fraction of sp³-hybridized carbons (Fsp3) is 0.615. The predicted octanol–water partition coefficient (Wildman–Crippen LogP) is 1.29. The number of piperidine rings is 1. The smallest absolute Gasteiger partial charge is 0.228 e. The standard InChI is InChI=1S/C13H21N3O/c1-13(2)11(14)6-4-8-16(13)12(17)9-10-5-3-7-15-10/h3,5,7,11,15H,4,6,8-9,14H2,1-2H3. The summed E-state index contributed by atoms with van der Waals surface area (Å²) in [7, 11) is 0. The summed E-state index contributed by atoms with van der Waals surface area (Å²) in [5, 5.41) is 0. The second-order valence-electron chi connectivity index (χ2n) is 5.32. The van der Waals surface area contributed by atoms with Gasteiger partial charge in [0, 0.05) is 24.5 Å². The minimum atomic E-state index is -0.234. The molecule has 1 saturated heterocycles. The zero-order valence-corrected chi connectivity index (χ0v) is 10.6. The van der Waals surface area contributed by atoms with Gasteiger partial charge in [-0.25, -0.2) is 0 Å². The highest BCUT2D eigenvalue weighted by molar-refractivity contribution is 5.79. The Labute approximate surface area is 102 Å². The van der Waals surface area contributed by atoms with Crippen LogP contribution in [0.25, 0.3) is 0 Å². The Balaban J connectivity index is 2.08. The number of carbonyl (C=O) groups is 1. The van der Waals surface area contributed by atoms with E-state index in [0.29, 0.717) is 6.42 Å². The number of carbonyl (C=O) groups excluding carboxylic acids is 1. The molecule has 0 aromatic carbocycles. The van der Waals surface area contributed by atoms with Gasteiger partial charge in [0.2, 0.25) is 5.91 Å². The first-order chi connectivity index (χ1) is 8.01. The summed E-state index contributed by atoms with van der Waals surface area (Å²) >= 11 is 0. The maximum atomic E-state index is 12.3. The number of hydrogen-bond donors (Lipinski definition) is 2. The van der Waals surface area contributed by atoms with Crippen molar-refractivity contribution < 1.29 is 4.79 Å². The van der Waals surface area contributed by atoms with Crippen LogP contribution in [0, 0.1) is 0 Å². The first-order valence-electron chi connectivity index (χ1n) is 6.20. The first-order valence-corrected chi connectivity index (χ1v) is 6.20. The van der Waals surface area contributed by atoms with Crippen LogP contribution in [0.15, 0.2) is 18.3 Å². The third-order valence-corrected chi connectivity index (χ3v) is 3.81. The van der Waals surface area contributed by atoms with Gasteiger partial charge in [0.1, 0.15) is 0 Å². The molecule has 94 valence electrons. The van der Waals surface area contributed by atoms with Crippen molar-refractivity contribution in [2.75, 3.05) is 6.54 Å². The molecule has 1 amide bonds. The first kappa shape index (κ1) is 12.2. The lowest BCUT2D eigenvalue weighted by Gasteiger charge is -2.46. The Bertz CT molecular complexity index is 383. The molecule has 0 aliphatic carbocycles. The molecule has 1 aliphatic heterocycles. The van der Waals surface area contributed by atoms with E-state index in [-0.39, 0.29) is 17.5 Å². The summed E-state index contributed by atoms with van der Waals surface area (Å²) in [6.45, 7) is 4.94. The van der Waals surface area contributed by atoms with Gasteiger partial charge in [-0.1, -0.05) is 0 Å². The number of likely N-dealkylation sites (tertiary alicyclic amines) is 1. The zero-order valence-electron chi connectivity index (χ0n) is 10.6. The van der Waals surface area contributed by atoms with Crippen LogP contribution in [-0.4, -0.2) is 33.9 Å². The number of hydrogen-bond acceptors (Lipinski definition) is 2. The molecule has 0 saturated carbocycles. The molecular formula is C13H21N3O. The fourth-order valence-corrected chi connectivity index (χ4v) is 2.49. The largest absolute Gasteiger partial charge is 0.365 e. The van der Waals surface area contributed by atoms with E-state index in [2.05, 4.69) is 18.8 Å². The third kappa shape index (κ3) is 2.36. The van der Waals surface area contributed by atoms with Gasteiger partial charge < -0.3 is 15.6 Å². The molecule has 3 N–H and O–H groups in total. The number of H-pyrrole nitrogens is 1. The molecule has 1 fully saturated rings. The molecule has 1 aromatic heterocycles. The number of aromatic nitrogens is 1. The lowest BCUT2D eigenvalue weighted by Crippen LogP contribution is -2.61. The van der Waals surface area contributed by atoms with E-state index < -0.39 is 0 Å². The molecular weight excluding hydrogens is 214 g/mol. The monoisotopic (exact) mass is 235 g/mol. The minimum Gasteiger partial charge on any atom is -0.365 e. The number of amides is 1. The van der Waals surface area contributed by atoms with E-state index >= 15 is 0 Å². The van der Waals surface area contributed by atoms with Crippen molar-refractivity contribution in [2.45, 2.75) is 44.7 Å². The quantitative estimate of drug-likeness (QED) is 0.811. The fourth-order valence-electron chi connectivity index (χ4n) is 2.49. The number of nitrogens with one attached hydrogen (secondary N) is 1. The van der Waals surface area contributed by atoms with Crippen LogP contribution < -0.4 is 5.73 Å². The molecule has 4 heteroatoms. The Kier molecular flexibility index (Phi) is 3.24. The second-order valence-corrected chi connectivity index (χ2v) is 5.32. The molecule has 2 rings (SSSR count). The number of nitrogens with two attached hydrogens (primary N) is 1. The van der Waals surface area contributed by atoms with Crippen LogP contribution in [0.4, 0.5) is 0 Å². The van der Waals surface area contributed by atoms with Crippen molar-refractivity contribution in [3.8, 4) is 0 Å². The van der Waals surface area contributed by atoms with Gasteiger partial charge in [-0.3, -0.25) is 4.79 Å². The molecule has 1 unspecified atom stereocenters. The van der Waals surface area contributed by atoms with E-state index in [1.165, 1.54) is 0 Å². The van der Waals surface area contributed by atoms with E-state index in [4.69, 9.17) is 5.73 Å². The summed E-state index contributed by atoms with van der Waals surface area (Å²) in [6, 6.07) is 3.92. The highest BCUT2D eigenvalue weighted by Crippen LogP contribution is 2.27. The van der Waals surface area contributed by atoms with E-state index in [9.17, 15) is 4.79 Å². The summed E-state index contributed by atoms with van der Waals surface area (Å²) in [5.74, 6) is 0.160. The van der Waals surface area contributed by atoms with Crippen LogP contribution in [-0.2, 0) is 11.2 Å². The lowest BCUT2D eigenvalue weighted by atomic mass is 9.85. The van der Waals surface area contributed by atoms with Crippen LogP contribution in [0.3, 0.4) is 0 Å². The zero-order chi connectivity index (χ0) is 12.5. The summed E-state index contributed by atoms with van der Waals surface area (Å²) in [4.78, 5) is 17.3. The van der Waals surface area contributed by atoms with Crippen molar-refractivity contribution in [1.29, 1.82) is 0 Å². The number of rotatable bonds is 2. The molecule has 0 bridgehead atoms. The van der Waals surface area contributed by atoms with Gasteiger partial charge in [0.25, 0.3) is 0 Å². The molecule has 0 radical (unpaired) electrons. The van der Waals surface area contributed by atoms with Crippen molar-refractivity contribution in [2.24, 2.45) is 5.73 Å². The van der Waals surface area contributed by atoms with E-state index in [1.54, 1.807) is 0 Å². The average Bonchev–Trinajstić information content (AvgIpc) is 2.74. The van der Waals surface area contributed by atoms with Gasteiger partial charge in [0.15, 0.2) is 0 Å². The van der Waals surface area contributed by atoms with E-state index in [1.807, 2.05) is 23.2 Å². The Hall–Kier alpha value is -1.29. The van der Waals surface area contributed by atoms with Crippen LogP contribution in [0.5, 0.6) is 0 Å². The Morgan fingerprint density at radius 2 is 2.41 bits per heavy atom. The number of aromatic amines is 1. The maximum absolute atomic E-state index is 12.3. The van der Waals surface area contributed by atoms with Gasteiger partial charge in [-0.05, 0) is 38.8 Å². The van der Waals surface area contributed by atoms with Crippen molar-refractivity contribution >= 4 is 5.91 Å². The predicted molar refractivity (Wildman–Crippen MR) is 67.5 cm³/mol. The maximum Gasteiger partial charge on any atom is 0.228 e. The van der Waals surface area contributed by atoms with Crippen LogP contribution in [0.1, 0.15) is 32.4 Å². The highest BCUT2D eigenvalue weighted by Gasteiger charge is 2.38. The highest BCUT2D eigenvalue weighted by atomic mass is 16.2. The van der Waals surface area contributed by atoms with Gasteiger partial charge >= 0.3 is 0 Å². The molecule has 1 aliphatic rings. The molecule has 2 heterocycles. The second kappa shape index (κ2) is 4.53. The summed E-state index contributed by atoms with van der Waals surface area (Å²) in [6.07, 6.45) is 4.28. The van der Waals surface area contributed by atoms with Crippen LogP contribution in [0.2, 0.25) is 0 Å². The average molecular weight is 235 g/mol. The Morgan fingerprint density at radius 3 is 3.06 bits per heavy atom.